The van der Waals surface area contributed by atoms with Crippen LogP contribution in [0.2, 0.25) is 0 Å². The van der Waals surface area contributed by atoms with E-state index in [1.54, 1.807) is 0 Å². The van der Waals surface area contributed by atoms with Crippen LogP contribution in [0.15, 0.2) is 6.20 Å². The lowest BCUT2D eigenvalue weighted by Crippen LogP contribution is -2.50. The van der Waals surface area contributed by atoms with Crippen molar-refractivity contribution >= 4 is 0 Å². The average Bonchev–Trinajstić information content (AvgIpc) is 2.97. The molecule has 1 fully saturated rings. The fourth-order valence-electron chi connectivity index (χ4n) is 3.19. The second-order valence-corrected chi connectivity index (χ2v) is 5.56. The highest BCUT2D eigenvalue weighted by Crippen LogP contribution is 2.41. The molecule has 1 aromatic rings. The summed E-state index contributed by atoms with van der Waals surface area (Å²) in [6, 6.07) is -0.00319. The van der Waals surface area contributed by atoms with E-state index in [1.165, 1.54) is 25.7 Å². The van der Waals surface area contributed by atoms with E-state index in [0.717, 1.165) is 18.7 Å². The van der Waals surface area contributed by atoms with E-state index in [1.807, 2.05) is 10.9 Å². The zero-order valence-electron chi connectivity index (χ0n) is 11.8. The Morgan fingerprint density at radius 3 is 2.67 bits per heavy atom. The van der Waals surface area contributed by atoms with Crippen molar-refractivity contribution in [2.75, 3.05) is 14.1 Å². The summed E-state index contributed by atoms with van der Waals surface area (Å²) in [6.07, 6.45) is 7.75. The van der Waals surface area contributed by atoms with Gasteiger partial charge < -0.3 is 10.6 Å². The van der Waals surface area contributed by atoms with Crippen LogP contribution in [0.5, 0.6) is 0 Å². The third kappa shape index (κ3) is 2.17. The number of hydrogen-bond donors (Lipinski definition) is 1. The van der Waals surface area contributed by atoms with Gasteiger partial charge in [0.05, 0.1) is 17.9 Å². The molecule has 0 aromatic carbocycles. The molecular weight excluding hydrogens is 226 g/mol. The Morgan fingerprint density at radius 1 is 1.44 bits per heavy atom. The predicted octanol–water partition coefficient (Wildman–Crippen LogP) is 1.56. The van der Waals surface area contributed by atoms with Crippen LogP contribution in [0.25, 0.3) is 0 Å². The quantitative estimate of drug-likeness (QED) is 0.863. The Morgan fingerprint density at radius 2 is 2.11 bits per heavy atom. The van der Waals surface area contributed by atoms with Crippen LogP contribution in [0.1, 0.15) is 50.8 Å². The minimum Gasteiger partial charge on any atom is -0.321 e. The minimum atomic E-state index is -0.00319. The van der Waals surface area contributed by atoms with E-state index in [9.17, 15) is 0 Å². The van der Waals surface area contributed by atoms with Gasteiger partial charge in [0.15, 0.2) is 0 Å². The number of nitrogens with zero attached hydrogens (tertiary/aromatic N) is 4. The van der Waals surface area contributed by atoms with Crippen molar-refractivity contribution in [1.29, 1.82) is 0 Å². The standard InChI is InChI=1S/C13H25N5/c1-4-9-18-11(10-15-16-18)12(14)13(17(2)3)7-5-6-8-13/h10,12H,4-9,14H2,1-3H3. The van der Waals surface area contributed by atoms with Crippen molar-refractivity contribution in [3.63, 3.8) is 0 Å². The highest BCUT2D eigenvalue weighted by Gasteiger charge is 2.43. The van der Waals surface area contributed by atoms with Gasteiger partial charge in [-0.05, 0) is 33.4 Å². The number of hydrogen-bond acceptors (Lipinski definition) is 4. The lowest BCUT2D eigenvalue weighted by molar-refractivity contribution is 0.119. The van der Waals surface area contributed by atoms with Gasteiger partial charge in [-0.25, -0.2) is 4.68 Å². The maximum absolute atomic E-state index is 6.57. The van der Waals surface area contributed by atoms with Gasteiger partial charge in [0.2, 0.25) is 0 Å². The second kappa shape index (κ2) is 5.36. The second-order valence-electron chi connectivity index (χ2n) is 5.56. The van der Waals surface area contributed by atoms with Gasteiger partial charge in [0, 0.05) is 12.1 Å². The molecule has 1 unspecified atom stereocenters. The third-order valence-corrected chi connectivity index (χ3v) is 4.34. The summed E-state index contributed by atoms with van der Waals surface area (Å²) < 4.78 is 1.97. The van der Waals surface area contributed by atoms with E-state index < -0.39 is 0 Å². The molecule has 1 heterocycles. The summed E-state index contributed by atoms with van der Waals surface area (Å²) in [7, 11) is 4.28. The van der Waals surface area contributed by atoms with Crippen LogP contribution in [0.4, 0.5) is 0 Å². The fraction of sp³-hybridized carbons (Fsp3) is 0.846. The number of aryl methyl sites for hydroxylation is 1. The molecule has 2 rings (SSSR count). The van der Waals surface area contributed by atoms with Crippen molar-refractivity contribution in [1.82, 2.24) is 19.9 Å². The molecule has 0 aliphatic heterocycles. The maximum atomic E-state index is 6.57. The molecule has 1 aromatic heterocycles. The summed E-state index contributed by atoms with van der Waals surface area (Å²) in [5.41, 5.74) is 7.72. The summed E-state index contributed by atoms with van der Waals surface area (Å²) in [5, 5.41) is 8.20. The Bertz CT molecular complexity index is 378. The van der Waals surface area contributed by atoms with Gasteiger partial charge in [-0.15, -0.1) is 5.10 Å². The molecule has 5 heteroatoms. The average molecular weight is 251 g/mol. The van der Waals surface area contributed by atoms with Gasteiger partial charge in [0.25, 0.3) is 0 Å². The molecule has 18 heavy (non-hydrogen) atoms. The van der Waals surface area contributed by atoms with Gasteiger partial charge in [-0.3, -0.25) is 0 Å². The van der Waals surface area contributed by atoms with E-state index >= 15 is 0 Å². The van der Waals surface area contributed by atoms with E-state index in [4.69, 9.17) is 5.73 Å². The Hall–Kier alpha value is -0.940. The molecule has 1 saturated carbocycles. The minimum absolute atomic E-state index is 0.00319. The van der Waals surface area contributed by atoms with Crippen LogP contribution in [0, 0.1) is 0 Å². The monoisotopic (exact) mass is 251 g/mol. The molecule has 0 radical (unpaired) electrons. The number of aromatic nitrogens is 3. The highest BCUT2D eigenvalue weighted by atomic mass is 15.4. The largest absolute Gasteiger partial charge is 0.321 e. The summed E-state index contributed by atoms with van der Waals surface area (Å²) in [5.74, 6) is 0. The molecule has 1 atom stereocenters. The predicted molar refractivity (Wildman–Crippen MR) is 72.1 cm³/mol. The van der Waals surface area contributed by atoms with Crippen molar-refractivity contribution in [2.45, 2.75) is 57.2 Å². The zero-order valence-corrected chi connectivity index (χ0v) is 11.8. The maximum Gasteiger partial charge on any atom is 0.0773 e. The molecule has 0 bridgehead atoms. The summed E-state index contributed by atoms with van der Waals surface area (Å²) >= 11 is 0. The van der Waals surface area contributed by atoms with Crippen LogP contribution in [-0.4, -0.2) is 39.5 Å². The third-order valence-electron chi connectivity index (χ3n) is 4.34. The molecule has 1 aliphatic carbocycles. The zero-order chi connectivity index (χ0) is 13.2. The first-order chi connectivity index (χ1) is 8.62. The molecule has 102 valence electrons. The number of nitrogens with two attached hydrogens (primary N) is 1. The van der Waals surface area contributed by atoms with Gasteiger partial charge >= 0.3 is 0 Å². The number of likely N-dealkylation sites (N-methyl/N-ethyl adjacent to an activating group) is 1. The lowest BCUT2D eigenvalue weighted by Gasteiger charge is -2.41. The van der Waals surface area contributed by atoms with Crippen LogP contribution in [-0.2, 0) is 6.54 Å². The van der Waals surface area contributed by atoms with Gasteiger partial charge in [0.1, 0.15) is 0 Å². The summed E-state index contributed by atoms with van der Waals surface area (Å²) in [6.45, 7) is 3.04. The van der Waals surface area contributed by atoms with Crippen molar-refractivity contribution in [3.8, 4) is 0 Å². The first-order valence-corrected chi connectivity index (χ1v) is 6.93. The topological polar surface area (TPSA) is 60.0 Å². The van der Waals surface area contributed by atoms with Crippen LogP contribution >= 0.6 is 0 Å². The molecular formula is C13H25N5. The van der Waals surface area contributed by atoms with Gasteiger partial charge in [-0.1, -0.05) is 25.0 Å². The summed E-state index contributed by atoms with van der Waals surface area (Å²) in [4.78, 5) is 2.30. The van der Waals surface area contributed by atoms with Gasteiger partial charge in [-0.2, -0.15) is 0 Å². The molecule has 0 amide bonds. The van der Waals surface area contributed by atoms with Crippen LogP contribution < -0.4 is 5.73 Å². The van der Waals surface area contributed by atoms with E-state index in [0.29, 0.717) is 0 Å². The first-order valence-electron chi connectivity index (χ1n) is 6.93. The first kappa shape index (κ1) is 13.5. The molecule has 0 spiro atoms. The molecule has 1 aliphatic rings. The van der Waals surface area contributed by atoms with Crippen LogP contribution in [0.3, 0.4) is 0 Å². The molecule has 5 nitrogen and oxygen atoms in total. The van der Waals surface area contributed by atoms with Crippen molar-refractivity contribution in [3.05, 3.63) is 11.9 Å². The Kier molecular flexibility index (Phi) is 4.02. The van der Waals surface area contributed by atoms with E-state index in [2.05, 4.69) is 36.2 Å². The molecule has 2 N–H and O–H groups in total. The normalized spacial score (nSPS) is 20.5. The van der Waals surface area contributed by atoms with Crippen molar-refractivity contribution < 1.29 is 0 Å². The fourth-order valence-corrected chi connectivity index (χ4v) is 3.19. The highest BCUT2D eigenvalue weighted by molar-refractivity contribution is 5.13. The van der Waals surface area contributed by atoms with Crippen molar-refractivity contribution in [2.24, 2.45) is 5.73 Å². The Balaban J connectivity index is 2.28. The Labute approximate surface area is 109 Å². The molecule has 0 saturated heterocycles. The lowest BCUT2D eigenvalue weighted by atomic mass is 9.85. The van der Waals surface area contributed by atoms with E-state index in [-0.39, 0.29) is 11.6 Å². The number of rotatable bonds is 5. The smallest absolute Gasteiger partial charge is 0.0773 e. The SMILES string of the molecule is CCCn1nncc1C(N)C1(N(C)C)CCCC1.